The normalized spacial score (nSPS) is 12.6. The van der Waals surface area contributed by atoms with Crippen molar-refractivity contribution in [2.45, 2.75) is 46.0 Å². The van der Waals surface area contributed by atoms with Gasteiger partial charge >= 0.3 is 21.1 Å². The Morgan fingerprint density at radius 2 is 1.32 bits per heavy atom. The molecule has 7 aromatic rings. The average molecular weight is 849 g/mol. The van der Waals surface area contributed by atoms with Crippen LogP contribution in [-0.4, -0.2) is 15.0 Å². The van der Waals surface area contributed by atoms with Gasteiger partial charge in [0.2, 0.25) is 0 Å². The van der Waals surface area contributed by atoms with E-state index in [1.54, 1.807) is 34.0 Å². The van der Waals surface area contributed by atoms with Gasteiger partial charge in [-0.15, -0.1) is 22.1 Å². The number of hydrogen-bond acceptors (Lipinski definition) is 6. The third kappa shape index (κ3) is 8.68. The van der Waals surface area contributed by atoms with Crippen molar-refractivity contribution in [3.05, 3.63) is 142 Å². The van der Waals surface area contributed by atoms with Gasteiger partial charge in [0.05, 0.1) is 21.8 Å². The zero-order valence-corrected chi connectivity index (χ0v) is 29.8. The number of pyridine rings is 3. The molecule has 0 spiro atoms. The summed E-state index contributed by atoms with van der Waals surface area (Å²) in [7, 11) is 0. The van der Waals surface area contributed by atoms with Crippen LogP contribution >= 0.6 is 34.0 Å². The largest absolute Gasteiger partial charge is 2.00 e. The Bertz CT molecular complexity index is 2010. The van der Waals surface area contributed by atoms with Gasteiger partial charge in [0.1, 0.15) is 0 Å². The zero-order valence-electron chi connectivity index (χ0n) is 25.1. The molecule has 0 saturated heterocycles. The number of para-hydroxylation sites is 1. The second-order valence-corrected chi connectivity index (χ2v) is 13.6. The van der Waals surface area contributed by atoms with Crippen molar-refractivity contribution in [2.75, 3.05) is 0 Å². The second kappa shape index (κ2) is 17.0. The number of thiophene rings is 3. The van der Waals surface area contributed by atoms with Gasteiger partial charge in [-0.05, 0) is 90.7 Å². The van der Waals surface area contributed by atoms with Crippen LogP contribution in [0, 0.1) is 12.1 Å². The van der Waals surface area contributed by atoms with Crippen molar-refractivity contribution in [2.24, 2.45) is 0 Å². The first-order valence-corrected chi connectivity index (χ1v) is 17.9. The molecule has 0 unspecified atom stereocenters. The minimum atomic E-state index is 0. The number of rotatable bonds is 3. The van der Waals surface area contributed by atoms with Gasteiger partial charge in [-0.1, -0.05) is 77.9 Å². The molecule has 238 valence electrons. The Morgan fingerprint density at radius 1 is 0.596 bits per heavy atom. The maximum Gasteiger partial charge on any atom is 2.00 e. The standard InChI is InChI=1S/C13H12NS.C13H10NS.C13H9NS.CH4.Pt/c3*1-2-5-11-10(4-1)7-8-12(14-11)13-6-3-9-15-13;;/h3,7-9H,1-2,4-5H2;2-3,5,7-9H,1,4H2;1-9H;1H4;/q2*-1;;;+2. The molecule has 47 heavy (non-hydrogen) atoms. The molecule has 6 aromatic heterocycles. The molecule has 0 N–H and O–H groups in total. The first-order chi connectivity index (χ1) is 22.3. The zero-order chi connectivity index (χ0) is 30.3. The SMILES string of the molecule is C.[Pt+2].[c-]1ccsc1-c1ccc2c(n1)C=CCC2.[c-]1ccsc1-c1ccc2c(n1)CCCC2.c1csc(-c2ccc3ccccc3n2)c1. The van der Waals surface area contributed by atoms with Crippen LogP contribution in [0.2, 0.25) is 0 Å². The van der Waals surface area contributed by atoms with E-state index in [-0.39, 0.29) is 28.5 Å². The van der Waals surface area contributed by atoms with Gasteiger partial charge in [0.25, 0.3) is 0 Å². The fraction of sp³-hybridized carbons (Fsp3) is 0.175. The predicted octanol–water partition coefficient (Wildman–Crippen LogP) is 11.7. The summed E-state index contributed by atoms with van der Waals surface area (Å²) in [5, 5.41) is 7.35. The first kappa shape index (κ1) is 34.8. The average Bonchev–Trinajstić information content (AvgIpc) is 3.93. The number of fused-ring (bicyclic) bond motifs is 3. The Kier molecular flexibility index (Phi) is 12.6. The third-order valence-corrected chi connectivity index (χ3v) is 10.4. The Labute approximate surface area is 304 Å². The number of aryl methyl sites for hydroxylation is 3. The van der Waals surface area contributed by atoms with Crippen LogP contribution in [0.1, 0.15) is 49.2 Å². The fourth-order valence-corrected chi connectivity index (χ4v) is 7.50. The van der Waals surface area contributed by atoms with Crippen molar-refractivity contribution < 1.29 is 21.1 Å². The second-order valence-electron chi connectivity index (χ2n) is 10.8. The predicted molar refractivity (Wildman–Crippen MR) is 199 cm³/mol. The smallest absolute Gasteiger partial charge is 0.315 e. The van der Waals surface area contributed by atoms with Crippen LogP contribution in [-0.2, 0) is 40.3 Å². The van der Waals surface area contributed by atoms with Gasteiger partial charge in [0.15, 0.2) is 0 Å². The van der Waals surface area contributed by atoms with Gasteiger partial charge in [-0.3, -0.25) is 0 Å². The van der Waals surface area contributed by atoms with Crippen LogP contribution in [0.3, 0.4) is 0 Å². The van der Waals surface area contributed by atoms with E-state index in [9.17, 15) is 0 Å². The van der Waals surface area contributed by atoms with Gasteiger partial charge in [-0.25, -0.2) is 27.7 Å². The van der Waals surface area contributed by atoms with Crippen molar-refractivity contribution in [1.29, 1.82) is 0 Å². The molecule has 9 rings (SSSR count). The maximum atomic E-state index is 4.73. The van der Waals surface area contributed by atoms with Crippen LogP contribution in [0.15, 0.2) is 107 Å². The van der Waals surface area contributed by atoms with Crippen molar-refractivity contribution in [3.63, 3.8) is 0 Å². The van der Waals surface area contributed by atoms with E-state index in [0.717, 1.165) is 57.3 Å². The molecule has 0 amide bonds. The molecule has 0 atom stereocenters. The Hall–Kier alpha value is -3.54. The van der Waals surface area contributed by atoms with Crippen molar-refractivity contribution in [3.8, 4) is 31.7 Å². The molecule has 6 heterocycles. The summed E-state index contributed by atoms with van der Waals surface area (Å²) in [5.41, 5.74) is 9.48. The summed E-state index contributed by atoms with van der Waals surface area (Å²) in [5.74, 6) is 0. The van der Waals surface area contributed by atoms with E-state index in [1.165, 1.54) is 46.3 Å². The molecule has 2 aliphatic carbocycles. The summed E-state index contributed by atoms with van der Waals surface area (Å²) < 4.78 is 0. The van der Waals surface area contributed by atoms with E-state index in [0.29, 0.717) is 0 Å². The quantitative estimate of drug-likeness (QED) is 0.166. The van der Waals surface area contributed by atoms with Gasteiger partial charge < -0.3 is 9.97 Å². The van der Waals surface area contributed by atoms with E-state index in [2.05, 4.69) is 99.6 Å². The number of nitrogens with zero attached hydrogens (tertiary/aromatic N) is 3. The van der Waals surface area contributed by atoms with Gasteiger partial charge in [-0.2, -0.15) is 24.3 Å². The van der Waals surface area contributed by atoms with E-state index < -0.39 is 0 Å². The Morgan fingerprint density at radius 3 is 2.06 bits per heavy atom. The molecule has 0 aliphatic heterocycles. The summed E-state index contributed by atoms with van der Waals surface area (Å²) in [4.78, 5) is 17.5. The topological polar surface area (TPSA) is 38.7 Å². The minimum absolute atomic E-state index is 0. The van der Waals surface area contributed by atoms with Crippen LogP contribution in [0.25, 0.3) is 48.7 Å². The number of benzene rings is 1. The van der Waals surface area contributed by atoms with Crippen LogP contribution in [0.4, 0.5) is 0 Å². The fourth-order valence-electron chi connectivity index (χ4n) is 5.52. The number of aromatic nitrogens is 3. The molecule has 0 saturated carbocycles. The molecular formula is C40H35N3PtS3. The van der Waals surface area contributed by atoms with E-state index in [4.69, 9.17) is 4.98 Å². The molecule has 1 aromatic carbocycles. The minimum Gasteiger partial charge on any atom is -0.315 e. The summed E-state index contributed by atoms with van der Waals surface area (Å²) in [6.07, 6.45) is 11.5. The maximum absolute atomic E-state index is 4.73. The summed E-state index contributed by atoms with van der Waals surface area (Å²) in [6.45, 7) is 0. The molecule has 3 nitrogen and oxygen atoms in total. The summed E-state index contributed by atoms with van der Waals surface area (Å²) in [6, 6.07) is 35.5. The van der Waals surface area contributed by atoms with Crippen LogP contribution in [0.5, 0.6) is 0 Å². The summed E-state index contributed by atoms with van der Waals surface area (Å²) >= 11 is 5.12. The molecule has 7 heteroatoms. The molecule has 0 radical (unpaired) electrons. The molecule has 0 bridgehead atoms. The third-order valence-electron chi connectivity index (χ3n) is 7.82. The monoisotopic (exact) mass is 848 g/mol. The molecule has 0 fully saturated rings. The molecule has 2 aliphatic rings. The Balaban J connectivity index is 0.000000135. The van der Waals surface area contributed by atoms with Crippen LogP contribution < -0.4 is 0 Å². The van der Waals surface area contributed by atoms with E-state index in [1.807, 2.05) is 35.7 Å². The first-order valence-electron chi connectivity index (χ1n) is 15.3. The van der Waals surface area contributed by atoms with Crippen molar-refractivity contribution in [1.82, 2.24) is 15.0 Å². The number of hydrogen-bond donors (Lipinski definition) is 0. The van der Waals surface area contributed by atoms with E-state index >= 15 is 0 Å². The molecular weight excluding hydrogens is 814 g/mol. The van der Waals surface area contributed by atoms with Crippen molar-refractivity contribution >= 4 is 51.0 Å². The number of allylic oxidation sites excluding steroid dienone is 1. The van der Waals surface area contributed by atoms with Gasteiger partial charge in [0, 0.05) is 11.1 Å².